The molecule has 2 aromatic carbocycles. The van der Waals surface area contributed by atoms with Crippen molar-refractivity contribution < 1.29 is 13.2 Å². The van der Waals surface area contributed by atoms with Gasteiger partial charge < -0.3 is 10.2 Å². The van der Waals surface area contributed by atoms with Crippen LogP contribution in [0.5, 0.6) is 0 Å². The number of nitrogens with one attached hydrogen (secondary N) is 1. The molecule has 8 heteroatoms. The molecule has 0 radical (unpaired) electrons. The van der Waals surface area contributed by atoms with Crippen molar-refractivity contribution in [1.82, 2.24) is 9.97 Å². The Labute approximate surface area is 156 Å². The molecule has 0 saturated carbocycles. The summed E-state index contributed by atoms with van der Waals surface area (Å²) in [5.41, 5.74) is 0.359. The second kappa shape index (κ2) is 7.33. The molecule has 0 fully saturated rings. The molecule has 1 N–H and O–H groups in total. The lowest BCUT2D eigenvalue weighted by atomic mass is 10.2. The first-order valence-corrected chi connectivity index (χ1v) is 8.39. The van der Waals surface area contributed by atoms with Gasteiger partial charge in [0.1, 0.15) is 5.56 Å². The minimum atomic E-state index is -4.56. The van der Waals surface area contributed by atoms with Crippen LogP contribution in [0, 0.1) is 0 Å². The number of hydrogen-bond donors (Lipinski definition) is 1. The number of hydrogen-bond acceptors (Lipinski definition) is 4. The highest BCUT2D eigenvalue weighted by atomic mass is 79.9. The van der Waals surface area contributed by atoms with Gasteiger partial charge in [-0.2, -0.15) is 18.2 Å². The zero-order valence-electron chi connectivity index (χ0n) is 13.6. The first-order valence-electron chi connectivity index (χ1n) is 7.60. The Balaban J connectivity index is 2.00. The summed E-state index contributed by atoms with van der Waals surface area (Å²) in [4.78, 5) is 9.31. The van der Waals surface area contributed by atoms with E-state index >= 15 is 0 Å². The summed E-state index contributed by atoms with van der Waals surface area (Å²) >= 11 is 3.33. The number of anilines is 4. The lowest BCUT2D eigenvalue weighted by Crippen LogP contribution is -2.19. The topological polar surface area (TPSA) is 41.1 Å². The van der Waals surface area contributed by atoms with E-state index in [-0.39, 0.29) is 11.8 Å². The summed E-state index contributed by atoms with van der Waals surface area (Å²) < 4.78 is 41.1. The predicted octanol–water partition coefficient (Wildman–Crippen LogP) is 5.77. The number of halogens is 4. The van der Waals surface area contributed by atoms with E-state index in [1.807, 2.05) is 12.1 Å². The summed E-state index contributed by atoms with van der Waals surface area (Å²) in [5, 5.41) is 2.92. The van der Waals surface area contributed by atoms with E-state index in [0.717, 1.165) is 10.7 Å². The van der Waals surface area contributed by atoms with Crippen LogP contribution in [0.15, 0.2) is 65.3 Å². The molecule has 0 bridgehead atoms. The van der Waals surface area contributed by atoms with Crippen molar-refractivity contribution in [3.63, 3.8) is 0 Å². The Bertz CT molecular complexity index is 883. The van der Waals surface area contributed by atoms with Crippen LogP contribution in [-0.2, 0) is 6.18 Å². The molecule has 0 aliphatic rings. The highest BCUT2D eigenvalue weighted by Crippen LogP contribution is 2.37. The number of rotatable bonds is 4. The van der Waals surface area contributed by atoms with Crippen LogP contribution in [0.25, 0.3) is 0 Å². The quantitative estimate of drug-likeness (QED) is 0.579. The minimum absolute atomic E-state index is 0.0816. The van der Waals surface area contributed by atoms with Gasteiger partial charge in [0.25, 0.3) is 0 Å². The Morgan fingerprint density at radius 1 is 1.00 bits per heavy atom. The molecule has 0 saturated heterocycles. The van der Waals surface area contributed by atoms with Gasteiger partial charge in [-0.1, -0.05) is 34.1 Å². The third-order valence-corrected chi connectivity index (χ3v) is 4.16. The van der Waals surface area contributed by atoms with E-state index < -0.39 is 11.7 Å². The van der Waals surface area contributed by atoms with Crippen LogP contribution >= 0.6 is 15.9 Å². The van der Waals surface area contributed by atoms with Gasteiger partial charge in [-0.25, -0.2) is 4.98 Å². The van der Waals surface area contributed by atoms with Crippen LogP contribution in [0.4, 0.5) is 36.3 Å². The highest BCUT2D eigenvalue weighted by Gasteiger charge is 2.36. The molecule has 0 spiro atoms. The summed E-state index contributed by atoms with van der Waals surface area (Å²) in [7, 11) is 1.54. The van der Waals surface area contributed by atoms with Crippen LogP contribution in [0.2, 0.25) is 0 Å². The fourth-order valence-corrected chi connectivity index (χ4v) is 2.59. The molecule has 0 aliphatic carbocycles. The molecule has 4 nitrogen and oxygen atoms in total. The van der Waals surface area contributed by atoms with Gasteiger partial charge in [-0.05, 0) is 36.4 Å². The normalized spacial score (nSPS) is 11.3. The SMILES string of the molecule is CN(c1ccccc1)c1nc(Nc2ccc(Br)cc2)ncc1C(F)(F)F. The summed E-state index contributed by atoms with van der Waals surface area (Å²) in [5.74, 6) is -0.142. The van der Waals surface area contributed by atoms with Crippen LogP contribution in [0.1, 0.15) is 5.56 Å². The van der Waals surface area contributed by atoms with Crippen molar-refractivity contribution in [1.29, 1.82) is 0 Å². The molecule has 3 rings (SSSR count). The maximum atomic E-state index is 13.4. The van der Waals surface area contributed by atoms with Gasteiger partial charge >= 0.3 is 6.18 Å². The molecule has 1 aromatic heterocycles. The second-order valence-electron chi connectivity index (χ2n) is 5.46. The average Bonchev–Trinajstić information content (AvgIpc) is 2.63. The molecule has 26 heavy (non-hydrogen) atoms. The maximum Gasteiger partial charge on any atom is 0.421 e. The van der Waals surface area contributed by atoms with Gasteiger partial charge in [0.05, 0.1) is 0 Å². The van der Waals surface area contributed by atoms with Gasteiger partial charge in [-0.15, -0.1) is 0 Å². The Kier molecular flexibility index (Phi) is 5.13. The van der Waals surface area contributed by atoms with E-state index in [0.29, 0.717) is 11.4 Å². The van der Waals surface area contributed by atoms with Crippen molar-refractivity contribution in [3.8, 4) is 0 Å². The van der Waals surface area contributed by atoms with Gasteiger partial charge in [0, 0.05) is 29.1 Å². The van der Waals surface area contributed by atoms with Crippen LogP contribution in [0.3, 0.4) is 0 Å². The second-order valence-corrected chi connectivity index (χ2v) is 6.37. The zero-order valence-corrected chi connectivity index (χ0v) is 15.2. The number of nitrogens with zero attached hydrogens (tertiary/aromatic N) is 3. The maximum absolute atomic E-state index is 13.4. The molecule has 0 atom stereocenters. The molecular weight excluding hydrogens is 409 g/mol. The first kappa shape index (κ1) is 18.2. The summed E-state index contributed by atoms with van der Waals surface area (Å²) in [6.45, 7) is 0. The molecule has 134 valence electrons. The van der Waals surface area contributed by atoms with E-state index in [1.165, 1.54) is 11.9 Å². The zero-order chi connectivity index (χ0) is 18.7. The smallest absolute Gasteiger partial charge is 0.329 e. The molecule has 0 aliphatic heterocycles. The van der Waals surface area contributed by atoms with Gasteiger partial charge in [0.15, 0.2) is 5.82 Å². The minimum Gasteiger partial charge on any atom is -0.329 e. The first-order chi connectivity index (χ1) is 12.3. The largest absolute Gasteiger partial charge is 0.421 e. The fourth-order valence-electron chi connectivity index (χ4n) is 2.32. The lowest BCUT2D eigenvalue weighted by Gasteiger charge is -2.22. The van der Waals surface area contributed by atoms with E-state index in [2.05, 4.69) is 31.2 Å². The van der Waals surface area contributed by atoms with Crippen molar-refractivity contribution in [2.24, 2.45) is 0 Å². The van der Waals surface area contributed by atoms with E-state index in [9.17, 15) is 13.2 Å². The fraction of sp³-hybridized carbons (Fsp3) is 0.111. The van der Waals surface area contributed by atoms with Crippen molar-refractivity contribution >= 4 is 39.1 Å². The third-order valence-electron chi connectivity index (χ3n) is 3.64. The number of alkyl halides is 3. The van der Waals surface area contributed by atoms with Crippen molar-refractivity contribution in [2.75, 3.05) is 17.3 Å². The molecular formula is C18H14BrF3N4. The highest BCUT2D eigenvalue weighted by molar-refractivity contribution is 9.10. The Hall–Kier alpha value is -2.61. The van der Waals surface area contributed by atoms with Crippen LogP contribution in [-0.4, -0.2) is 17.0 Å². The molecule has 0 amide bonds. The standard InChI is InChI=1S/C18H14BrF3N4/c1-26(14-5-3-2-4-6-14)16-15(18(20,21)22)11-23-17(25-16)24-13-9-7-12(19)8-10-13/h2-11H,1H3,(H,23,24,25). The Morgan fingerprint density at radius 3 is 2.27 bits per heavy atom. The predicted molar refractivity (Wildman–Crippen MR) is 99.0 cm³/mol. The van der Waals surface area contributed by atoms with E-state index in [1.54, 1.807) is 42.5 Å². The molecule has 0 unspecified atom stereocenters. The summed E-state index contributed by atoms with van der Waals surface area (Å²) in [6, 6.07) is 15.9. The lowest BCUT2D eigenvalue weighted by molar-refractivity contribution is -0.137. The van der Waals surface area contributed by atoms with Crippen molar-refractivity contribution in [2.45, 2.75) is 6.18 Å². The van der Waals surface area contributed by atoms with Gasteiger partial charge in [-0.3, -0.25) is 0 Å². The third kappa shape index (κ3) is 4.13. The molecule has 3 aromatic rings. The monoisotopic (exact) mass is 422 g/mol. The molecule has 1 heterocycles. The van der Waals surface area contributed by atoms with Gasteiger partial charge in [0.2, 0.25) is 5.95 Å². The number of aromatic nitrogens is 2. The van der Waals surface area contributed by atoms with Crippen LogP contribution < -0.4 is 10.2 Å². The van der Waals surface area contributed by atoms with E-state index in [4.69, 9.17) is 0 Å². The van der Waals surface area contributed by atoms with Crippen molar-refractivity contribution in [3.05, 3.63) is 70.8 Å². The summed E-state index contributed by atoms with van der Waals surface area (Å²) in [6.07, 6.45) is -3.77. The Morgan fingerprint density at radius 2 is 1.65 bits per heavy atom. The number of para-hydroxylation sites is 1. The average molecular weight is 423 g/mol. The number of benzene rings is 2.